The Hall–Kier alpha value is -1.76. The predicted molar refractivity (Wildman–Crippen MR) is 164 cm³/mol. The van der Waals surface area contributed by atoms with Crippen LogP contribution in [-0.2, 0) is 12.8 Å². The number of aromatic carboxylic acids is 2. The van der Waals surface area contributed by atoms with Gasteiger partial charge in [0.05, 0.1) is 5.97 Å². The van der Waals surface area contributed by atoms with Gasteiger partial charge in [-0.15, -0.1) is 0 Å². The van der Waals surface area contributed by atoms with Crippen LogP contribution in [-0.4, -0.2) is 59.9 Å². The van der Waals surface area contributed by atoms with Gasteiger partial charge in [-0.05, 0) is 54.5 Å². The molecule has 224 valence electrons. The SMILES string of the molecule is CCCCCCCCCCc1ccc(C(=O)O)c(O)c1.CCCCCCCCCCc1ccc(C(=O)[O-])c([O-])c1.[Ca+2]. The molecule has 0 unspecified atom stereocenters. The molecule has 0 saturated carbocycles. The van der Waals surface area contributed by atoms with Gasteiger partial charge in [-0.1, -0.05) is 134 Å². The third kappa shape index (κ3) is 18.4. The summed E-state index contributed by atoms with van der Waals surface area (Å²) in [5.74, 6) is -3.05. The van der Waals surface area contributed by atoms with Crippen molar-refractivity contribution in [1.82, 2.24) is 0 Å². The minimum Gasteiger partial charge on any atom is -0.872 e. The summed E-state index contributed by atoms with van der Waals surface area (Å²) >= 11 is 0. The van der Waals surface area contributed by atoms with Crippen molar-refractivity contribution >= 4 is 49.7 Å². The van der Waals surface area contributed by atoms with E-state index in [1.165, 1.54) is 108 Å². The van der Waals surface area contributed by atoms with E-state index in [0.717, 1.165) is 36.8 Å². The molecule has 2 aromatic rings. The van der Waals surface area contributed by atoms with Crippen LogP contribution in [0.5, 0.6) is 11.5 Å². The topological polar surface area (TPSA) is 121 Å². The van der Waals surface area contributed by atoms with E-state index in [0.29, 0.717) is 0 Å². The molecule has 0 aromatic heterocycles. The molecule has 6 nitrogen and oxygen atoms in total. The van der Waals surface area contributed by atoms with Crippen molar-refractivity contribution in [3.8, 4) is 11.5 Å². The number of hydrogen-bond acceptors (Lipinski definition) is 5. The van der Waals surface area contributed by atoms with Gasteiger partial charge in [0.1, 0.15) is 11.3 Å². The van der Waals surface area contributed by atoms with Crippen LogP contribution in [0, 0.1) is 0 Å². The van der Waals surface area contributed by atoms with E-state index in [1.807, 2.05) is 0 Å². The van der Waals surface area contributed by atoms with Crippen molar-refractivity contribution in [2.75, 3.05) is 0 Å². The number of carbonyl (C=O) groups is 2. The largest absolute Gasteiger partial charge is 2.00 e. The van der Waals surface area contributed by atoms with E-state index < -0.39 is 17.7 Å². The molecule has 0 aliphatic carbocycles. The molecule has 0 spiro atoms. The van der Waals surface area contributed by atoms with Crippen molar-refractivity contribution in [3.05, 3.63) is 58.7 Å². The van der Waals surface area contributed by atoms with Crippen LogP contribution in [0.25, 0.3) is 0 Å². The first-order valence-corrected chi connectivity index (χ1v) is 15.4. The molecule has 0 saturated heterocycles. The molecule has 41 heavy (non-hydrogen) atoms. The quantitative estimate of drug-likeness (QED) is 0.124. The standard InChI is InChI=1S/2C17H26O3.Ca/c2*1-2-3-4-5-6-7-8-9-10-14-11-12-15(17(19)20)16(18)13-14;/h2*11-13,18H,2-10H2,1H3,(H,19,20);/q;;+2/p-2. The van der Waals surface area contributed by atoms with Gasteiger partial charge in [-0.3, -0.25) is 0 Å². The molecule has 0 bridgehead atoms. The van der Waals surface area contributed by atoms with Gasteiger partial charge in [0.25, 0.3) is 0 Å². The number of aromatic hydroxyl groups is 1. The van der Waals surface area contributed by atoms with Crippen molar-refractivity contribution in [1.29, 1.82) is 0 Å². The third-order valence-corrected chi connectivity index (χ3v) is 7.20. The zero-order valence-corrected chi connectivity index (χ0v) is 27.6. The van der Waals surface area contributed by atoms with E-state index in [9.17, 15) is 24.9 Å². The van der Waals surface area contributed by atoms with E-state index in [4.69, 9.17) is 5.11 Å². The Bertz CT molecular complexity index is 912. The smallest absolute Gasteiger partial charge is 0.872 e. The number of carboxylic acids is 2. The third-order valence-electron chi connectivity index (χ3n) is 7.20. The number of unbranched alkanes of at least 4 members (excludes halogenated alkanes) is 14. The number of hydrogen-bond donors (Lipinski definition) is 2. The van der Waals surface area contributed by atoms with Gasteiger partial charge in [-0.25, -0.2) is 4.79 Å². The molecule has 0 radical (unpaired) electrons. The first-order valence-electron chi connectivity index (χ1n) is 15.4. The molecular weight excluding hydrogens is 544 g/mol. The van der Waals surface area contributed by atoms with Crippen molar-refractivity contribution in [2.45, 2.75) is 129 Å². The second-order valence-electron chi connectivity index (χ2n) is 10.7. The number of carboxylic acid groups (broad SMARTS) is 2. The molecule has 0 fully saturated rings. The van der Waals surface area contributed by atoms with Crippen LogP contribution in [0.2, 0.25) is 0 Å². The Morgan fingerprint density at radius 3 is 1.39 bits per heavy atom. The van der Waals surface area contributed by atoms with Gasteiger partial charge in [-0.2, -0.15) is 0 Å². The fourth-order valence-corrected chi connectivity index (χ4v) is 4.73. The molecule has 0 aliphatic rings. The fourth-order valence-electron chi connectivity index (χ4n) is 4.73. The summed E-state index contributed by atoms with van der Waals surface area (Å²) in [4.78, 5) is 21.4. The van der Waals surface area contributed by atoms with E-state index in [2.05, 4.69) is 13.8 Å². The molecule has 0 amide bonds. The molecule has 0 heterocycles. The van der Waals surface area contributed by atoms with E-state index in [1.54, 1.807) is 18.2 Å². The number of rotatable bonds is 20. The second kappa shape index (κ2) is 24.8. The van der Waals surface area contributed by atoms with Gasteiger partial charge in [0.2, 0.25) is 0 Å². The number of phenols is 1. The van der Waals surface area contributed by atoms with Crippen LogP contribution < -0.4 is 10.2 Å². The summed E-state index contributed by atoms with van der Waals surface area (Å²) < 4.78 is 0. The maximum atomic E-state index is 11.5. The van der Waals surface area contributed by atoms with Crippen molar-refractivity contribution < 1.29 is 30.0 Å². The Labute approximate surface area is 277 Å². The monoisotopic (exact) mass is 594 g/mol. The molecule has 0 aliphatic heterocycles. The summed E-state index contributed by atoms with van der Waals surface area (Å²) in [6.45, 7) is 4.45. The maximum absolute atomic E-state index is 11.5. The van der Waals surface area contributed by atoms with Gasteiger partial charge in [0.15, 0.2) is 0 Å². The first kappa shape index (κ1) is 39.2. The van der Waals surface area contributed by atoms with Crippen molar-refractivity contribution in [2.24, 2.45) is 0 Å². The van der Waals surface area contributed by atoms with Gasteiger partial charge in [0, 0.05) is 0 Å². The Kier molecular flexibility index (Phi) is 23.7. The number of carbonyl (C=O) groups excluding carboxylic acids is 1. The maximum Gasteiger partial charge on any atom is 2.00 e. The summed E-state index contributed by atoms with van der Waals surface area (Å²) in [5, 5.41) is 40.6. The normalized spacial score (nSPS) is 10.4. The molecular formula is C34H50CaO6. The summed E-state index contributed by atoms with van der Waals surface area (Å²) in [6.07, 6.45) is 21.9. The molecule has 0 atom stereocenters. The first-order chi connectivity index (χ1) is 19.3. The Balaban J connectivity index is 0.000000762. The Morgan fingerprint density at radius 1 is 0.634 bits per heavy atom. The fraction of sp³-hybridized carbons (Fsp3) is 0.588. The minimum absolute atomic E-state index is 0. The van der Waals surface area contributed by atoms with Crippen molar-refractivity contribution in [3.63, 3.8) is 0 Å². The molecule has 2 N–H and O–H groups in total. The average Bonchev–Trinajstić information content (AvgIpc) is 2.92. The minimum atomic E-state index is -1.39. The summed E-state index contributed by atoms with van der Waals surface area (Å²) in [7, 11) is 0. The molecule has 2 aromatic carbocycles. The Morgan fingerprint density at radius 2 is 1.02 bits per heavy atom. The average molecular weight is 595 g/mol. The summed E-state index contributed by atoms with van der Waals surface area (Å²) in [6, 6.07) is 9.35. The van der Waals surface area contributed by atoms with Crippen LogP contribution in [0.4, 0.5) is 0 Å². The zero-order valence-electron chi connectivity index (χ0n) is 25.4. The van der Waals surface area contributed by atoms with Gasteiger partial charge >= 0.3 is 43.7 Å². The van der Waals surface area contributed by atoms with Crippen LogP contribution in [0.15, 0.2) is 36.4 Å². The van der Waals surface area contributed by atoms with E-state index >= 15 is 0 Å². The number of aryl methyl sites for hydroxylation is 2. The summed E-state index contributed by atoms with van der Waals surface area (Å²) in [5.41, 5.74) is 1.67. The van der Waals surface area contributed by atoms with Crippen LogP contribution in [0.1, 0.15) is 148 Å². The molecule has 7 heteroatoms. The zero-order chi connectivity index (χ0) is 29.6. The van der Waals surface area contributed by atoms with Crippen LogP contribution >= 0.6 is 0 Å². The molecule has 2 rings (SSSR count). The number of benzene rings is 2. The van der Waals surface area contributed by atoms with Crippen LogP contribution in [0.3, 0.4) is 0 Å². The van der Waals surface area contributed by atoms with E-state index in [-0.39, 0.29) is 54.6 Å². The predicted octanol–water partition coefficient (Wildman–Crippen LogP) is 7.20. The second-order valence-corrected chi connectivity index (χ2v) is 10.7. The van der Waals surface area contributed by atoms with Gasteiger partial charge < -0.3 is 25.2 Å².